The highest BCUT2D eigenvalue weighted by Gasteiger charge is 2.15. The van der Waals surface area contributed by atoms with E-state index in [1.165, 1.54) is 18.5 Å². The molecule has 0 unspecified atom stereocenters. The molecule has 1 aromatic carbocycles. The second-order valence-electron chi connectivity index (χ2n) is 3.47. The molecule has 1 amide bonds. The summed E-state index contributed by atoms with van der Waals surface area (Å²) < 4.78 is 0. The fourth-order valence-electron chi connectivity index (χ4n) is 1.43. The molecule has 0 aliphatic rings. The summed E-state index contributed by atoms with van der Waals surface area (Å²) in [6.07, 6.45) is 2.55. The van der Waals surface area contributed by atoms with E-state index >= 15 is 0 Å². The quantitative estimate of drug-likeness (QED) is 0.661. The van der Waals surface area contributed by atoms with Crippen molar-refractivity contribution in [2.75, 3.05) is 5.32 Å². The lowest BCUT2D eigenvalue weighted by Gasteiger charge is -2.04. The van der Waals surface area contributed by atoms with E-state index in [-0.39, 0.29) is 11.4 Å². The molecule has 18 heavy (non-hydrogen) atoms. The molecule has 0 aliphatic heterocycles. The predicted octanol–water partition coefficient (Wildman–Crippen LogP) is 2.24. The molecule has 1 aromatic heterocycles. The van der Waals surface area contributed by atoms with Gasteiger partial charge in [-0.2, -0.15) is 0 Å². The van der Waals surface area contributed by atoms with Crippen LogP contribution in [0.15, 0.2) is 48.8 Å². The zero-order chi connectivity index (χ0) is 13.0. The van der Waals surface area contributed by atoms with Crippen molar-refractivity contribution < 1.29 is 9.72 Å². The minimum atomic E-state index is -0.567. The SMILES string of the molecule is O=C(Nc1cnccc1[N+](=O)[O-])c1ccccc1. The standard InChI is InChI=1S/C12H9N3O3/c16-12(9-4-2-1-3-5-9)14-10-8-13-7-6-11(10)15(17)18/h1-8H,(H,14,16). The first-order chi connectivity index (χ1) is 8.68. The first-order valence-electron chi connectivity index (χ1n) is 5.13. The third-order valence-corrected chi connectivity index (χ3v) is 2.28. The number of nitro groups is 1. The van der Waals surface area contributed by atoms with Gasteiger partial charge in [-0.15, -0.1) is 0 Å². The smallest absolute Gasteiger partial charge is 0.295 e. The summed E-state index contributed by atoms with van der Waals surface area (Å²) in [5.74, 6) is -0.410. The lowest BCUT2D eigenvalue weighted by atomic mass is 10.2. The number of nitrogens with one attached hydrogen (secondary N) is 1. The van der Waals surface area contributed by atoms with Crippen molar-refractivity contribution in [1.29, 1.82) is 0 Å². The number of anilines is 1. The first kappa shape index (κ1) is 11.7. The van der Waals surface area contributed by atoms with Crippen LogP contribution in [0.4, 0.5) is 11.4 Å². The van der Waals surface area contributed by atoms with E-state index in [4.69, 9.17) is 0 Å². The van der Waals surface area contributed by atoms with Crippen LogP contribution in [-0.2, 0) is 0 Å². The Morgan fingerprint density at radius 2 is 1.94 bits per heavy atom. The Labute approximate surface area is 102 Å². The molecule has 0 atom stereocenters. The number of nitrogens with zero attached hydrogens (tertiary/aromatic N) is 2. The molecule has 1 N–H and O–H groups in total. The van der Waals surface area contributed by atoms with Crippen LogP contribution >= 0.6 is 0 Å². The zero-order valence-electron chi connectivity index (χ0n) is 9.24. The van der Waals surface area contributed by atoms with Crippen LogP contribution in [0.5, 0.6) is 0 Å². The van der Waals surface area contributed by atoms with Crippen molar-refractivity contribution in [3.05, 3.63) is 64.5 Å². The van der Waals surface area contributed by atoms with Gasteiger partial charge in [0.1, 0.15) is 5.69 Å². The van der Waals surface area contributed by atoms with Crippen LogP contribution in [0.2, 0.25) is 0 Å². The molecular formula is C12H9N3O3. The molecule has 0 spiro atoms. The normalized spacial score (nSPS) is 9.78. The Kier molecular flexibility index (Phi) is 3.29. The van der Waals surface area contributed by atoms with Crippen molar-refractivity contribution in [3.8, 4) is 0 Å². The van der Waals surface area contributed by atoms with E-state index < -0.39 is 10.8 Å². The van der Waals surface area contributed by atoms with Gasteiger partial charge in [0.15, 0.2) is 0 Å². The lowest BCUT2D eigenvalue weighted by Crippen LogP contribution is -2.13. The van der Waals surface area contributed by atoms with Crippen molar-refractivity contribution in [2.45, 2.75) is 0 Å². The Morgan fingerprint density at radius 3 is 2.61 bits per heavy atom. The number of rotatable bonds is 3. The maximum atomic E-state index is 11.8. The molecule has 6 heteroatoms. The van der Waals surface area contributed by atoms with Gasteiger partial charge in [0, 0.05) is 17.8 Å². The predicted molar refractivity (Wildman–Crippen MR) is 65.3 cm³/mol. The van der Waals surface area contributed by atoms with Gasteiger partial charge in [0.05, 0.1) is 11.1 Å². The highest BCUT2D eigenvalue weighted by molar-refractivity contribution is 6.05. The number of hydrogen-bond donors (Lipinski definition) is 1. The van der Waals surface area contributed by atoms with Crippen LogP contribution in [0, 0.1) is 10.1 Å². The summed E-state index contributed by atoms with van der Waals surface area (Å²) in [6.45, 7) is 0. The molecule has 90 valence electrons. The second-order valence-corrected chi connectivity index (χ2v) is 3.47. The average Bonchev–Trinajstić information content (AvgIpc) is 2.40. The first-order valence-corrected chi connectivity index (χ1v) is 5.13. The van der Waals surface area contributed by atoms with Crippen molar-refractivity contribution >= 4 is 17.3 Å². The number of benzene rings is 1. The molecule has 2 aromatic rings. The summed E-state index contributed by atoms with van der Waals surface area (Å²) in [4.78, 5) is 25.8. The molecular weight excluding hydrogens is 234 g/mol. The summed E-state index contributed by atoms with van der Waals surface area (Å²) >= 11 is 0. The van der Waals surface area contributed by atoms with Crippen LogP contribution in [0.25, 0.3) is 0 Å². The number of aromatic nitrogens is 1. The number of amides is 1. The van der Waals surface area contributed by atoms with Crippen molar-refractivity contribution in [2.24, 2.45) is 0 Å². The number of pyridine rings is 1. The molecule has 0 saturated heterocycles. The highest BCUT2D eigenvalue weighted by atomic mass is 16.6. The van der Waals surface area contributed by atoms with E-state index in [1.807, 2.05) is 0 Å². The molecule has 0 saturated carbocycles. The molecule has 0 radical (unpaired) electrons. The maximum Gasteiger partial charge on any atom is 0.295 e. The molecule has 0 fully saturated rings. The minimum Gasteiger partial charge on any atom is -0.315 e. The van der Waals surface area contributed by atoms with Gasteiger partial charge in [0.2, 0.25) is 0 Å². The number of hydrogen-bond acceptors (Lipinski definition) is 4. The Bertz CT molecular complexity index is 584. The van der Waals surface area contributed by atoms with E-state index in [1.54, 1.807) is 30.3 Å². The molecule has 0 bridgehead atoms. The summed E-state index contributed by atoms with van der Waals surface area (Å²) in [5, 5.41) is 13.2. The third kappa shape index (κ3) is 2.49. The fraction of sp³-hybridized carbons (Fsp3) is 0. The van der Waals surface area contributed by atoms with E-state index in [9.17, 15) is 14.9 Å². The monoisotopic (exact) mass is 243 g/mol. The van der Waals surface area contributed by atoms with Crippen LogP contribution in [0.1, 0.15) is 10.4 Å². The highest BCUT2D eigenvalue weighted by Crippen LogP contribution is 2.22. The van der Waals surface area contributed by atoms with Gasteiger partial charge in [-0.1, -0.05) is 18.2 Å². The topological polar surface area (TPSA) is 85.1 Å². The Morgan fingerprint density at radius 1 is 1.22 bits per heavy atom. The van der Waals surface area contributed by atoms with Crippen molar-refractivity contribution in [3.63, 3.8) is 0 Å². The van der Waals surface area contributed by atoms with Gasteiger partial charge < -0.3 is 5.32 Å². The second kappa shape index (κ2) is 5.05. The van der Waals surface area contributed by atoms with Gasteiger partial charge >= 0.3 is 0 Å². The molecule has 6 nitrogen and oxygen atoms in total. The summed E-state index contributed by atoms with van der Waals surface area (Å²) in [5.41, 5.74) is 0.321. The zero-order valence-corrected chi connectivity index (χ0v) is 9.24. The van der Waals surface area contributed by atoms with Gasteiger partial charge in [-0.25, -0.2) is 0 Å². The van der Waals surface area contributed by atoms with Gasteiger partial charge in [-0.3, -0.25) is 19.9 Å². The van der Waals surface area contributed by atoms with Gasteiger partial charge in [0.25, 0.3) is 11.6 Å². The summed E-state index contributed by atoms with van der Waals surface area (Å²) in [6, 6.07) is 9.69. The van der Waals surface area contributed by atoms with Gasteiger partial charge in [-0.05, 0) is 12.1 Å². The van der Waals surface area contributed by atoms with Crippen LogP contribution in [0.3, 0.4) is 0 Å². The molecule has 2 rings (SSSR count). The fourth-order valence-corrected chi connectivity index (χ4v) is 1.43. The number of carbonyl (C=O) groups excluding carboxylic acids is 1. The molecule has 0 aliphatic carbocycles. The Balaban J connectivity index is 2.25. The number of carbonyl (C=O) groups is 1. The maximum absolute atomic E-state index is 11.8. The van der Waals surface area contributed by atoms with E-state index in [0.29, 0.717) is 5.56 Å². The lowest BCUT2D eigenvalue weighted by molar-refractivity contribution is -0.384. The minimum absolute atomic E-state index is 0.0800. The average molecular weight is 243 g/mol. The largest absolute Gasteiger partial charge is 0.315 e. The third-order valence-electron chi connectivity index (χ3n) is 2.28. The Hall–Kier alpha value is -2.76. The van der Waals surface area contributed by atoms with Crippen molar-refractivity contribution in [1.82, 2.24) is 4.98 Å². The van der Waals surface area contributed by atoms with E-state index in [2.05, 4.69) is 10.3 Å². The van der Waals surface area contributed by atoms with E-state index in [0.717, 1.165) is 0 Å². The molecule has 1 heterocycles. The van der Waals surface area contributed by atoms with Crippen LogP contribution < -0.4 is 5.32 Å². The summed E-state index contributed by atoms with van der Waals surface area (Å²) in [7, 11) is 0. The van der Waals surface area contributed by atoms with Crippen LogP contribution in [-0.4, -0.2) is 15.8 Å².